The Morgan fingerprint density at radius 3 is 1.00 bits per heavy atom. The van der Waals surface area contributed by atoms with Crippen LogP contribution >= 0.6 is 0 Å². The summed E-state index contributed by atoms with van der Waals surface area (Å²) in [5, 5.41) is 0. The zero-order chi connectivity index (χ0) is 25.9. The first-order chi connectivity index (χ1) is 13.0. The van der Waals surface area contributed by atoms with Gasteiger partial charge in [0.05, 0.1) is 10.1 Å². The molecule has 0 N–H and O–H groups in total. The summed E-state index contributed by atoms with van der Waals surface area (Å²) in [6, 6.07) is 0. The van der Waals surface area contributed by atoms with Crippen molar-refractivity contribution in [2.45, 2.75) is 54.1 Å². The molecule has 0 spiro atoms. The van der Waals surface area contributed by atoms with E-state index in [9.17, 15) is 87.6 Å². The van der Waals surface area contributed by atoms with Crippen LogP contribution in [-0.4, -0.2) is 66.4 Å². The van der Waals surface area contributed by atoms with Crippen LogP contribution in [0.1, 0.15) is 6.42 Å². The molecule has 0 heterocycles. The summed E-state index contributed by atoms with van der Waals surface area (Å²) >= 11 is 0. The molecule has 32 heavy (non-hydrogen) atoms. The van der Waals surface area contributed by atoms with Crippen LogP contribution in [0.4, 0.5) is 74.6 Å². The van der Waals surface area contributed by atoms with Crippen LogP contribution in [0.2, 0.25) is 0 Å². The third kappa shape index (κ3) is 5.04. The second kappa shape index (κ2) is 8.74. The number of halogens is 17. The van der Waals surface area contributed by atoms with E-state index >= 15 is 0 Å². The van der Waals surface area contributed by atoms with Crippen LogP contribution in [0.3, 0.4) is 0 Å². The third-order valence-electron chi connectivity index (χ3n) is 3.45. The zero-order valence-electron chi connectivity index (χ0n) is 14.5. The van der Waals surface area contributed by atoms with Crippen molar-refractivity contribution in [1.29, 1.82) is 0 Å². The first-order valence-corrected chi connectivity index (χ1v) is 8.18. The Morgan fingerprint density at radius 2 is 0.750 bits per heavy atom. The molecule has 3 nitrogen and oxygen atoms in total. The summed E-state index contributed by atoms with van der Waals surface area (Å²) in [5.41, 5.74) is 0. The monoisotopic (exact) mass is 552 g/mol. The molecule has 0 aliphatic carbocycles. The molecule has 0 aliphatic heterocycles. The van der Waals surface area contributed by atoms with E-state index in [1.165, 1.54) is 0 Å². The summed E-state index contributed by atoms with van der Waals surface area (Å²) < 4.78 is 248. The van der Waals surface area contributed by atoms with Crippen LogP contribution in [0.5, 0.6) is 0 Å². The number of rotatable bonds is 9. The minimum absolute atomic E-state index is 0. The fourth-order valence-electron chi connectivity index (χ4n) is 1.61. The Balaban J connectivity index is 0. The van der Waals surface area contributed by atoms with Crippen molar-refractivity contribution in [3.63, 3.8) is 0 Å². The SMILES string of the molecule is O=S(=O)([O-])[13CH2][13CH2]C(F)(F)C(F)(F)C(F)(F)C(F)(F)C(F)(F)C(F)(F)C(F)(F)C(F)(F)F.[Na+]. The van der Waals surface area contributed by atoms with Crippen LogP contribution in [-0.2, 0) is 10.1 Å². The Labute approximate surface area is 187 Å². The summed E-state index contributed by atoms with van der Waals surface area (Å²) in [6.07, 6.45) is -11.1. The van der Waals surface area contributed by atoms with E-state index in [1.54, 1.807) is 0 Å². The second-order valence-electron chi connectivity index (χ2n) is 5.66. The topological polar surface area (TPSA) is 57.2 Å². The van der Waals surface area contributed by atoms with Gasteiger partial charge in [-0.3, -0.25) is 0 Å². The average molecular weight is 552 g/mol. The first kappa shape index (κ1) is 33.9. The smallest absolute Gasteiger partial charge is 0.748 e. The van der Waals surface area contributed by atoms with Gasteiger partial charge in [0.15, 0.2) is 0 Å². The molecule has 0 aromatic heterocycles. The maximum absolute atomic E-state index is 13.3. The van der Waals surface area contributed by atoms with Crippen molar-refractivity contribution in [2.75, 3.05) is 5.75 Å². The van der Waals surface area contributed by atoms with Crippen molar-refractivity contribution in [3.05, 3.63) is 0 Å². The van der Waals surface area contributed by atoms with Crippen molar-refractivity contribution < 1.29 is 117 Å². The van der Waals surface area contributed by atoms with Gasteiger partial charge in [0.1, 0.15) is 0 Å². The molecule has 0 aromatic carbocycles. The van der Waals surface area contributed by atoms with Gasteiger partial charge < -0.3 is 4.55 Å². The Morgan fingerprint density at radius 1 is 0.500 bits per heavy atom. The van der Waals surface area contributed by atoms with E-state index in [4.69, 9.17) is 0 Å². The molecular formula is C10H4F17NaO3S. The maximum Gasteiger partial charge on any atom is 1.00 e. The fourth-order valence-corrected chi connectivity index (χ4v) is 2.11. The van der Waals surface area contributed by atoms with Crippen molar-refractivity contribution >= 4 is 10.1 Å². The maximum atomic E-state index is 13.3. The van der Waals surface area contributed by atoms with E-state index < -0.39 is 69.9 Å². The Hall–Kier alpha value is -0.280. The molecule has 22 heteroatoms. The van der Waals surface area contributed by atoms with Crippen molar-refractivity contribution in [2.24, 2.45) is 0 Å². The van der Waals surface area contributed by atoms with Crippen molar-refractivity contribution in [1.82, 2.24) is 0 Å². The fraction of sp³-hybridized carbons (Fsp3) is 1.00. The summed E-state index contributed by atoms with van der Waals surface area (Å²) in [5.74, 6) is -60.5. The van der Waals surface area contributed by atoms with Gasteiger partial charge in [-0.05, 0) is 0 Å². The molecule has 188 valence electrons. The quantitative estimate of drug-likeness (QED) is 0.190. The first-order valence-electron chi connectivity index (χ1n) is 6.60. The summed E-state index contributed by atoms with van der Waals surface area (Å²) in [7, 11) is -5.97. The van der Waals surface area contributed by atoms with E-state index in [-0.39, 0.29) is 29.6 Å². The molecule has 0 aromatic rings. The molecule has 0 saturated heterocycles. The van der Waals surface area contributed by atoms with Gasteiger partial charge >= 0.3 is 77.2 Å². The Bertz CT molecular complexity index is 772. The molecule has 0 atom stereocenters. The van der Waals surface area contributed by atoms with Crippen molar-refractivity contribution in [3.8, 4) is 0 Å². The van der Waals surface area contributed by atoms with E-state index in [0.717, 1.165) is 0 Å². The minimum Gasteiger partial charge on any atom is -0.748 e. The molecule has 0 radical (unpaired) electrons. The molecule has 0 bridgehead atoms. The molecule has 0 saturated carbocycles. The molecule has 0 rings (SSSR count). The van der Waals surface area contributed by atoms with Gasteiger partial charge in [-0.25, -0.2) is 8.42 Å². The van der Waals surface area contributed by atoms with Gasteiger partial charge in [0, 0.05) is 12.2 Å². The largest absolute Gasteiger partial charge is 1.00 e. The van der Waals surface area contributed by atoms with Crippen LogP contribution < -0.4 is 29.6 Å². The van der Waals surface area contributed by atoms with Gasteiger partial charge in [0.2, 0.25) is 0 Å². The Kier molecular flexibility index (Phi) is 9.26. The normalized spacial score (nSPS) is 16.1. The van der Waals surface area contributed by atoms with Gasteiger partial charge in [-0.2, -0.15) is 74.6 Å². The number of hydrogen-bond acceptors (Lipinski definition) is 3. The second-order valence-corrected chi connectivity index (χ2v) is 7.18. The number of hydrogen-bond donors (Lipinski definition) is 0. The molecular weight excluding hydrogens is 548 g/mol. The molecule has 0 amide bonds. The zero-order valence-corrected chi connectivity index (χ0v) is 17.3. The predicted octanol–water partition coefficient (Wildman–Crippen LogP) is 1.94. The molecule has 0 unspecified atom stereocenters. The predicted molar refractivity (Wildman–Crippen MR) is 59.9 cm³/mol. The van der Waals surface area contributed by atoms with Crippen LogP contribution in [0, 0.1) is 0 Å². The van der Waals surface area contributed by atoms with Gasteiger partial charge in [-0.15, -0.1) is 0 Å². The van der Waals surface area contributed by atoms with Crippen LogP contribution in [0.25, 0.3) is 0 Å². The van der Waals surface area contributed by atoms with E-state index in [0.29, 0.717) is 0 Å². The van der Waals surface area contributed by atoms with E-state index in [2.05, 4.69) is 0 Å². The number of alkyl halides is 17. The van der Waals surface area contributed by atoms with Crippen LogP contribution in [0.15, 0.2) is 0 Å². The van der Waals surface area contributed by atoms with Gasteiger partial charge in [0.25, 0.3) is 0 Å². The average Bonchev–Trinajstić information content (AvgIpc) is 2.50. The van der Waals surface area contributed by atoms with Gasteiger partial charge in [-0.1, -0.05) is 0 Å². The van der Waals surface area contributed by atoms with E-state index in [1.807, 2.05) is 0 Å². The molecule has 0 fully saturated rings. The molecule has 0 aliphatic rings. The standard InChI is InChI=1S/C10H5F17O3S.Na/c11-3(12,1-2-31(28,29)30)4(13,14)5(15,16)6(17,18)7(19,20)8(21,22)9(23,24)10(25,26)27;/h1-2H2,(H,28,29,30);/q;+1/p-1/i1+1,2+1;. The summed E-state index contributed by atoms with van der Waals surface area (Å²) in [4.78, 5) is 0. The third-order valence-corrected chi connectivity index (χ3v) is 4.16. The summed E-state index contributed by atoms with van der Waals surface area (Å²) in [6.45, 7) is 0. The minimum atomic E-state index is -8.76.